The first-order chi connectivity index (χ1) is 15.0. The van der Waals surface area contributed by atoms with E-state index in [0.717, 1.165) is 6.34 Å². The van der Waals surface area contributed by atoms with Gasteiger partial charge in [-0.1, -0.05) is 23.2 Å². The van der Waals surface area contributed by atoms with Crippen LogP contribution in [0.4, 0.5) is 40.9 Å². The van der Waals surface area contributed by atoms with Crippen molar-refractivity contribution in [2.45, 2.75) is 30.1 Å². The molecule has 1 atom stereocenters. The van der Waals surface area contributed by atoms with Gasteiger partial charge in [-0.25, -0.2) is 18.5 Å². The number of nitriles is 1. The zero-order chi connectivity index (χ0) is 25.1. The van der Waals surface area contributed by atoms with Gasteiger partial charge in [0.1, 0.15) is 11.8 Å². The second kappa shape index (κ2) is 7.73. The molecule has 1 aliphatic carbocycles. The van der Waals surface area contributed by atoms with Crippen molar-refractivity contribution in [3.8, 4) is 11.8 Å². The lowest BCUT2D eigenvalue weighted by atomic mass is 9.94. The van der Waals surface area contributed by atoms with Gasteiger partial charge in [0.05, 0.1) is 27.5 Å². The van der Waals surface area contributed by atoms with E-state index in [1.165, 1.54) is 25.1 Å². The molecule has 2 aromatic rings. The maximum Gasteiger partial charge on any atom is 0.416 e. The largest absolute Gasteiger partial charge is 0.416 e. The molecule has 0 radical (unpaired) electrons. The van der Waals surface area contributed by atoms with Crippen molar-refractivity contribution in [3.05, 3.63) is 39.0 Å². The maximum atomic E-state index is 14.2. The first-order valence-corrected chi connectivity index (χ1v) is 9.49. The Balaban J connectivity index is 2.41. The number of halogens is 10. The van der Waals surface area contributed by atoms with Gasteiger partial charge in [-0.2, -0.15) is 36.7 Å². The smallest absolute Gasteiger partial charge is 0.369 e. The van der Waals surface area contributed by atoms with Crippen LogP contribution in [-0.4, -0.2) is 47.2 Å². The molecule has 0 amide bonds. The van der Waals surface area contributed by atoms with Gasteiger partial charge in [0, 0.05) is 20.5 Å². The van der Waals surface area contributed by atoms with Crippen molar-refractivity contribution >= 4 is 35.4 Å². The SMILES string of the molecule is CN(C)/C=N\c1c(C2(C(F)(F)F)CC2(F)F)c(C#N)nn1-c1c(Cl)cc(C(F)(F)F)cc1Cl. The molecule has 1 aliphatic rings. The number of nitrogens with zero attached hydrogens (tertiary/aromatic N) is 5. The molecule has 0 N–H and O–H groups in total. The molecule has 1 aromatic carbocycles. The Bertz CT molecular complexity index is 1150. The third-order valence-electron chi connectivity index (χ3n) is 4.83. The summed E-state index contributed by atoms with van der Waals surface area (Å²) in [6, 6.07) is 2.19. The molecule has 178 valence electrons. The van der Waals surface area contributed by atoms with Crippen LogP contribution in [0, 0.1) is 11.3 Å². The van der Waals surface area contributed by atoms with E-state index >= 15 is 0 Å². The van der Waals surface area contributed by atoms with E-state index in [4.69, 9.17) is 23.2 Å². The van der Waals surface area contributed by atoms with E-state index in [0.29, 0.717) is 16.8 Å². The molecular weight excluding hydrogens is 509 g/mol. The molecule has 0 bridgehead atoms. The second-order valence-corrected chi connectivity index (χ2v) is 8.16. The van der Waals surface area contributed by atoms with Gasteiger partial charge in [0.2, 0.25) is 0 Å². The van der Waals surface area contributed by atoms with Crippen LogP contribution in [-0.2, 0) is 11.6 Å². The van der Waals surface area contributed by atoms with Crippen LogP contribution < -0.4 is 0 Å². The third-order valence-corrected chi connectivity index (χ3v) is 5.41. The summed E-state index contributed by atoms with van der Waals surface area (Å²) < 4.78 is 110. The van der Waals surface area contributed by atoms with E-state index in [-0.39, 0.29) is 0 Å². The number of hydrogen-bond donors (Lipinski definition) is 0. The maximum absolute atomic E-state index is 14.2. The highest BCUT2D eigenvalue weighted by Crippen LogP contribution is 2.70. The summed E-state index contributed by atoms with van der Waals surface area (Å²) in [6.07, 6.45) is -11.1. The van der Waals surface area contributed by atoms with Gasteiger partial charge in [-0.05, 0) is 12.1 Å². The van der Waals surface area contributed by atoms with Crippen molar-refractivity contribution in [1.29, 1.82) is 5.26 Å². The lowest BCUT2D eigenvalue weighted by molar-refractivity contribution is -0.182. The fraction of sp³-hybridized carbons (Fsp3) is 0.389. The lowest BCUT2D eigenvalue weighted by Gasteiger charge is -2.20. The Morgan fingerprint density at radius 2 is 1.67 bits per heavy atom. The number of alkyl halides is 8. The van der Waals surface area contributed by atoms with E-state index < -0.39 is 68.5 Å². The van der Waals surface area contributed by atoms with Gasteiger partial charge in [-0.3, -0.25) is 0 Å². The number of aliphatic imine (C=N–C) groups is 1. The quantitative estimate of drug-likeness (QED) is 0.277. The molecule has 33 heavy (non-hydrogen) atoms. The summed E-state index contributed by atoms with van der Waals surface area (Å²) >= 11 is 11.9. The van der Waals surface area contributed by atoms with Gasteiger partial charge in [0.25, 0.3) is 5.92 Å². The van der Waals surface area contributed by atoms with Crippen LogP contribution in [0.1, 0.15) is 23.2 Å². The average molecular weight is 520 g/mol. The van der Waals surface area contributed by atoms with Gasteiger partial charge < -0.3 is 4.90 Å². The van der Waals surface area contributed by atoms with Crippen LogP contribution in [0.15, 0.2) is 17.1 Å². The summed E-state index contributed by atoms with van der Waals surface area (Å²) in [5.74, 6) is -5.15. The summed E-state index contributed by atoms with van der Waals surface area (Å²) in [5, 5.41) is 11.6. The van der Waals surface area contributed by atoms with Crippen LogP contribution in [0.5, 0.6) is 0 Å². The van der Waals surface area contributed by atoms with E-state index in [1.807, 2.05) is 0 Å². The number of benzene rings is 1. The Morgan fingerprint density at radius 1 is 1.15 bits per heavy atom. The molecule has 1 heterocycles. The Morgan fingerprint density at radius 3 is 2.03 bits per heavy atom. The molecule has 0 aliphatic heterocycles. The summed E-state index contributed by atoms with van der Waals surface area (Å²) in [7, 11) is 2.83. The minimum Gasteiger partial charge on any atom is -0.369 e. The Kier molecular flexibility index (Phi) is 5.87. The lowest BCUT2D eigenvalue weighted by Crippen LogP contribution is -2.35. The first kappa shape index (κ1) is 25.0. The van der Waals surface area contributed by atoms with E-state index in [2.05, 4.69) is 10.1 Å². The molecule has 15 heteroatoms. The minimum atomic E-state index is -5.51. The predicted octanol–water partition coefficient (Wildman–Crippen LogP) is 6.13. The highest BCUT2D eigenvalue weighted by atomic mass is 35.5. The molecule has 3 rings (SSSR count). The summed E-state index contributed by atoms with van der Waals surface area (Å²) in [4.78, 5) is 5.01. The van der Waals surface area contributed by atoms with Gasteiger partial charge >= 0.3 is 12.4 Å². The van der Waals surface area contributed by atoms with Crippen molar-refractivity contribution in [3.63, 3.8) is 0 Å². The van der Waals surface area contributed by atoms with Crippen molar-refractivity contribution in [2.75, 3.05) is 14.1 Å². The average Bonchev–Trinajstić information content (AvgIpc) is 3.07. The highest BCUT2D eigenvalue weighted by Gasteiger charge is 2.86. The fourth-order valence-electron chi connectivity index (χ4n) is 3.27. The Labute approximate surface area is 190 Å². The topological polar surface area (TPSA) is 57.2 Å². The normalized spacial score (nSPS) is 20.2. The predicted molar refractivity (Wildman–Crippen MR) is 102 cm³/mol. The van der Waals surface area contributed by atoms with Crippen LogP contribution in [0.25, 0.3) is 5.69 Å². The Hall–Kier alpha value is -2.59. The fourth-order valence-corrected chi connectivity index (χ4v) is 3.91. The number of hydrogen-bond acceptors (Lipinski definition) is 3. The molecular formula is C18H11Cl2F8N5. The van der Waals surface area contributed by atoms with Gasteiger partial charge in [0.15, 0.2) is 16.9 Å². The van der Waals surface area contributed by atoms with Crippen LogP contribution in [0.2, 0.25) is 10.0 Å². The molecule has 1 unspecified atom stereocenters. The van der Waals surface area contributed by atoms with Gasteiger partial charge in [-0.15, -0.1) is 0 Å². The second-order valence-electron chi connectivity index (χ2n) is 7.35. The molecule has 0 saturated heterocycles. The molecule has 1 saturated carbocycles. The van der Waals surface area contributed by atoms with Crippen molar-refractivity contribution < 1.29 is 35.1 Å². The molecule has 1 aromatic heterocycles. The zero-order valence-corrected chi connectivity index (χ0v) is 18.0. The molecule has 0 spiro atoms. The zero-order valence-electron chi connectivity index (χ0n) is 16.5. The summed E-state index contributed by atoms with van der Waals surface area (Å²) in [6.45, 7) is 0. The monoisotopic (exact) mass is 519 g/mol. The van der Waals surface area contributed by atoms with E-state index in [9.17, 15) is 40.4 Å². The highest BCUT2D eigenvalue weighted by molar-refractivity contribution is 6.38. The summed E-state index contributed by atoms with van der Waals surface area (Å²) in [5.41, 5.74) is -7.89. The third kappa shape index (κ3) is 3.99. The number of rotatable bonds is 4. The molecule has 5 nitrogen and oxygen atoms in total. The minimum absolute atomic E-state index is 0.431. The van der Waals surface area contributed by atoms with Crippen molar-refractivity contribution in [1.82, 2.24) is 14.7 Å². The molecule has 1 fully saturated rings. The van der Waals surface area contributed by atoms with Crippen LogP contribution >= 0.6 is 23.2 Å². The first-order valence-electron chi connectivity index (χ1n) is 8.73. The van der Waals surface area contributed by atoms with E-state index in [1.54, 1.807) is 0 Å². The standard InChI is InChI=1S/C18H11Cl2F8N5/c1-32(2)7-30-14-12(15(18(26,27)28)6-16(15,21)22)11(5-29)31-33(14)13-9(19)3-8(4-10(13)20)17(23,24)25/h3-4,7H,6H2,1-2H3/b30-7-. The number of aromatic nitrogens is 2. The van der Waals surface area contributed by atoms with Crippen LogP contribution in [0.3, 0.4) is 0 Å². The van der Waals surface area contributed by atoms with Crippen molar-refractivity contribution in [2.24, 2.45) is 4.99 Å².